The fraction of sp³-hybridized carbons (Fsp3) is 0.864. The van der Waals surface area contributed by atoms with Gasteiger partial charge in [-0.05, 0) is 55.3 Å². The van der Waals surface area contributed by atoms with Crippen LogP contribution in [0.2, 0.25) is 0 Å². The van der Waals surface area contributed by atoms with Gasteiger partial charge in [0.2, 0.25) is 0 Å². The van der Waals surface area contributed by atoms with Crippen LogP contribution in [-0.4, -0.2) is 11.6 Å². The molecular formula is C22H36O2. The molecule has 0 aliphatic heterocycles. The van der Waals surface area contributed by atoms with E-state index in [0.717, 1.165) is 31.1 Å². The number of carbonyl (C=O) groups excluding carboxylic acids is 1. The van der Waals surface area contributed by atoms with Gasteiger partial charge in [0.15, 0.2) is 5.60 Å². The van der Waals surface area contributed by atoms with E-state index in [4.69, 9.17) is 11.2 Å². The Morgan fingerprint density at radius 1 is 1.25 bits per heavy atom. The maximum Gasteiger partial charge on any atom is 0.304 e. The molecule has 2 aliphatic rings. The molecule has 0 bridgehead atoms. The first-order valence-corrected chi connectivity index (χ1v) is 9.92. The second kappa shape index (κ2) is 7.51. The van der Waals surface area contributed by atoms with Crippen LogP contribution >= 0.6 is 0 Å². The molecule has 4 unspecified atom stereocenters. The highest BCUT2D eigenvalue weighted by molar-refractivity contribution is 5.67. The average molecular weight is 333 g/mol. The van der Waals surface area contributed by atoms with E-state index in [1.165, 1.54) is 39.0 Å². The van der Waals surface area contributed by atoms with Gasteiger partial charge in [-0.1, -0.05) is 52.9 Å². The highest BCUT2D eigenvalue weighted by Crippen LogP contribution is 2.61. The molecule has 2 fully saturated rings. The third-order valence-corrected chi connectivity index (χ3v) is 6.93. The van der Waals surface area contributed by atoms with E-state index in [1.807, 2.05) is 0 Å². The molecule has 0 aromatic rings. The topological polar surface area (TPSA) is 26.3 Å². The Morgan fingerprint density at radius 3 is 2.54 bits per heavy atom. The van der Waals surface area contributed by atoms with Crippen molar-refractivity contribution in [2.24, 2.45) is 29.1 Å². The van der Waals surface area contributed by atoms with Gasteiger partial charge in [0, 0.05) is 12.8 Å². The molecule has 2 rings (SSSR count). The van der Waals surface area contributed by atoms with Crippen LogP contribution < -0.4 is 0 Å². The molecule has 2 aliphatic carbocycles. The summed E-state index contributed by atoms with van der Waals surface area (Å²) in [7, 11) is 0. The van der Waals surface area contributed by atoms with Crippen molar-refractivity contribution in [1.29, 1.82) is 0 Å². The Morgan fingerprint density at radius 2 is 1.96 bits per heavy atom. The zero-order valence-electron chi connectivity index (χ0n) is 16.4. The molecule has 0 N–H and O–H groups in total. The van der Waals surface area contributed by atoms with Crippen LogP contribution in [0.5, 0.6) is 0 Å². The van der Waals surface area contributed by atoms with Gasteiger partial charge in [0.05, 0.1) is 0 Å². The highest BCUT2D eigenvalue weighted by Gasteiger charge is 2.59. The summed E-state index contributed by atoms with van der Waals surface area (Å²) in [5.74, 6) is 5.24. The lowest BCUT2D eigenvalue weighted by atomic mass is 9.57. The minimum Gasteiger partial charge on any atom is -0.446 e. The summed E-state index contributed by atoms with van der Waals surface area (Å²) in [4.78, 5) is 11.7. The number of rotatable bonds is 6. The number of carbonyl (C=O) groups is 1. The molecule has 0 amide bonds. The predicted molar refractivity (Wildman–Crippen MR) is 99.4 cm³/mol. The van der Waals surface area contributed by atoms with E-state index in [2.05, 4.69) is 33.6 Å². The van der Waals surface area contributed by atoms with E-state index >= 15 is 0 Å². The summed E-state index contributed by atoms with van der Waals surface area (Å²) in [6.07, 6.45) is 15.3. The van der Waals surface area contributed by atoms with E-state index in [9.17, 15) is 4.79 Å². The lowest BCUT2D eigenvalue weighted by molar-refractivity contribution is -0.166. The lowest BCUT2D eigenvalue weighted by Gasteiger charge is -2.50. The first-order valence-electron chi connectivity index (χ1n) is 9.92. The Balaban J connectivity index is 2.14. The molecule has 24 heavy (non-hydrogen) atoms. The first-order chi connectivity index (χ1) is 11.2. The van der Waals surface area contributed by atoms with Gasteiger partial charge in [-0.25, -0.2) is 0 Å². The summed E-state index contributed by atoms with van der Waals surface area (Å²) in [5.41, 5.74) is -0.442. The predicted octanol–water partition coefficient (Wildman–Crippen LogP) is 5.60. The largest absolute Gasteiger partial charge is 0.446 e. The SMILES string of the molecule is C#C[C@@]1(OC(C)=O)CCCC2(C)C(C(C)CCCC(C)C)CCC21. The maximum absolute atomic E-state index is 11.7. The number of hydrogen-bond acceptors (Lipinski definition) is 2. The van der Waals surface area contributed by atoms with Crippen molar-refractivity contribution in [2.45, 2.75) is 91.6 Å². The Kier molecular flexibility index (Phi) is 6.05. The Bertz CT molecular complexity index is 489. The van der Waals surface area contributed by atoms with Crippen LogP contribution in [0.25, 0.3) is 0 Å². The molecule has 0 aromatic heterocycles. The van der Waals surface area contributed by atoms with Gasteiger partial charge < -0.3 is 4.74 Å². The van der Waals surface area contributed by atoms with Crippen LogP contribution in [0.3, 0.4) is 0 Å². The van der Waals surface area contributed by atoms with E-state index in [0.29, 0.717) is 11.8 Å². The molecule has 0 aromatic carbocycles. The van der Waals surface area contributed by atoms with Crippen LogP contribution in [0.1, 0.15) is 86.0 Å². The minimum atomic E-state index is -0.661. The summed E-state index contributed by atoms with van der Waals surface area (Å²) < 4.78 is 5.77. The summed E-state index contributed by atoms with van der Waals surface area (Å²) in [5, 5.41) is 0. The fourth-order valence-electron chi connectivity index (χ4n) is 5.86. The van der Waals surface area contributed by atoms with Crippen molar-refractivity contribution in [3.63, 3.8) is 0 Å². The molecule has 0 saturated heterocycles. The molecule has 2 heteroatoms. The minimum absolute atomic E-state index is 0.220. The fourth-order valence-corrected chi connectivity index (χ4v) is 5.86. The number of ether oxygens (including phenoxy) is 1. The van der Waals surface area contributed by atoms with Gasteiger partial charge in [-0.2, -0.15) is 0 Å². The number of esters is 1. The Labute approximate surface area is 149 Å². The number of hydrogen-bond donors (Lipinski definition) is 0. The zero-order valence-corrected chi connectivity index (χ0v) is 16.4. The van der Waals surface area contributed by atoms with Crippen molar-refractivity contribution >= 4 is 5.97 Å². The number of terminal acetylenes is 1. The maximum atomic E-state index is 11.7. The number of fused-ring (bicyclic) bond motifs is 1. The lowest BCUT2D eigenvalue weighted by Crippen LogP contribution is -2.51. The van der Waals surface area contributed by atoms with Gasteiger partial charge in [-0.15, -0.1) is 6.42 Å². The van der Waals surface area contributed by atoms with Crippen LogP contribution in [0.15, 0.2) is 0 Å². The normalized spacial score (nSPS) is 36.9. The van der Waals surface area contributed by atoms with E-state index in [1.54, 1.807) is 0 Å². The van der Waals surface area contributed by atoms with E-state index in [-0.39, 0.29) is 11.4 Å². The monoisotopic (exact) mass is 332 g/mol. The smallest absolute Gasteiger partial charge is 0.304 e. The quantitative estimate of drug-likeness (QED) is 0.467. The van der Waals surface area contributed by atoms with Gasteiger partial charge in [-0.3, -0.25) is 4.79 Å². The van der Waals surface area contributed by atoms with Crippen molar-refractivity contribution < 1.29 is 9.53 Å². The molecule has 0 spiro atoms. The third kappa shape index (κ3) is 3.66. The van der Waals surface area contributed by atoms with E-state index < -0.39 is 5.60 Å². The average Bonchev–Trinajstić information content (AvgIpc) is 2.84. The summed E-state index contributed by atoms with van der Waals surface area (Å²) in [6.45, 7) is 10.9. The third-order valence-electron chi connectivity index (χ3n) is 6.93. The second-order valence-electron chi connectivity index (χ2n) is 9.03. The van der Waals surface area contributed by atoms with Crippen molar-refractivity contribution in [2.75, 3.05) is 0 Å². The zero-order chi connectivity index (χ0) is 18.0. The van der Waals surface area contributed by atoms with Gasteiger partial charge in [0.25, 0.3) is 0 Å². The molecule has 136 valence electrons. The molecular weight excluding hydrogens is 296 g/mol. The Hall–Kier alpha value is -0.970. The van der Waals surface area contributed by atoms with Gasteiger partial charge in [0.1, 0.15) is 0 Å². The van der Waals surface area contributed by atoms with Crippen LogP contribution in [0, 0.1) is 41.4 Å². The van der Waals surface area contributed by atoms with Crippen LogP contribution in [-0.2, 0) is 9.53 Å². The highest BCUT2D eigenvalue weighted by atomic mass is 16.6. The first kappa shape index (κ1) is 19.4. The molecule has 5 atom stereocenters. The molecule has 2 saturated carbocycles. The van der Waals surface area contributed by atoms with Crippen LogP contribution in [0.4, 0.5) is 0 Å². The summed E-state index contributed by atoms with van der Waals surface area (Å²) in [6, 6.07) is 0. The van der Waals surface area contributed by atoms with Crippen molar-refractivity contribution in [3.8, 4) is 12.3 Å². The molecule has 0 heterocycles. The summed E-state index contributed by atoms with van der Waals surface area (Å²) >= 11 is 0. The standard InChI is InChI=1S/C22H36O2/c1-7-22(24-18(5)23)15-9-14-21(6)19(12-13-20(21)22)17(4)11-8-10-16(2)3/h1,16-17,19-20H,8-15H2,2-6H3/t17?,19?,20?,21?,22-/m1/s1. The molecule has 0 radical (unpaired) electrons. The van der Waals surface area contributed by atoms with Crippen molar-refractivity contribution in [3.05, 3.63) is 0 Å². The van der Waals surface area contributed by atoms with Crippen molar-refractivity contribution in [1.82, 2.24) is 0 Å². The molecule has 2 nitrogen and oxygen atoms in total. The second-order valence-corrected chi connectivity index (χ2v) is 9.03. The van der Waals surface area contributed by atoms with Gasteiger partial charge >= 0.3 is 5.97 Å².